The van der Waals surface area contributed by atoms with Gasteiger partial charge in [-0.2, -0.15) is 0 Å². The maximum atomic E-state index is 13.1. The van der Waals surface area contributed by atoms with E-state index in [1.807, 2.05) is 38.1 Å². The van der Waals surface area contributed by atoms with Crippen molar-refractivity contribution < 1.29 is 14.7 Å². The fraction of sp³-hybridized carbons (Fsp3) is 0.250. The molecule has 0 aliphatic carbocycles. The third-order valence-electron chi connectivity index (χ3n) is 5.63. The van der Waals surface area contributed by atoms with Gasteiger partial charge < -0.3 is 15.0 Å². The third-order valence-corrected chi connectivity index (χ3v) is 5.88. The van der Waals surface area contributed by atoms with E-state index in [1.54, 1.807) is 29.2 Å². The molecule has 1 fully saturated rings. The number of halogens is 1. The lowest BCUT2D eigenvalue weighted by Crippen LogP contribution is -2.30. The van der Waals surface area contributed by atoms with Crippen LogP contribution >= 0.6 is 11.6 Å². The van der Waals surface area contributed by atoms with Crippen LogP contribution in [-0.2, 0) is 9.59 Å². The molecule has 5 nitrogen and oxygen atoms in total. The van der Waals surface area contributed by atoms with Gasteiger partial charge >= 0.3 is 0 Å². The molecule has 1 amide bonds. The number of unbranched alkanes of at least 4 members (excludes halogenated alkanes) is 1. The van der Waals surface area contributed by atoms with Crippen molar-refractivity contribution in [3.8, 4) is 0 Å². The van der Waals surface area contributed by atoms with Gasteiger partial charge in [0.25, 0.3) is 11.7 Å². The number of benzene rings is 2. The van der Waals surface area contributed by atoms with Crippen molar-refractivity contribution in [2.45, 2.75) is 32.7 Å². The Labute approximate surface area is 180 Å². The number of aliphatic hydroxyl groups excluding tert-OH is 1. The quantitative estimate of drug-likeness (QED) is 0.330. The molecule has 1 aliphatic rings. The molecule has 6 heteroatoms. The number of hydrogen-bond acceptors (Lipinski definition) is 3. The molecule has 0 bridgehead atoms. The second-order valence-electron chi connectivity index (χ2n) is 7.56. The minimum atomic E-state index is -0.659. The van der Waals surface area contributed by atoms with Crippen molar-refractivity contribution in [3.05, 3.63) is 75.9 Å². The number of para-hydroxylation sites is 1. The van der Waals surface area contributed by atoms with Crippen LogP contribution in [0.15, 0.2) is 54.1 Å². The Bertz CT molecular complexity index is 1160. The molecule has 1 unspecified atom stereocenters. The zero-order valence-electron chi connectivity index (χ0n) is 16.9. The van der Waals surface area contributed by atoms with Crippen LogP contribution in [0.4, 0.5) is 0 Å². The molecule has 1 aromatic heterocycles. The van der Waals surface area contributed by atoms with E-state index in [0.717, 1.165) is 35.0 Å². The van der Waals surface area contributed by atoms with Gasteiger partial charge in [0.05, 0.1) is 11.6 Å². The summed E-state index contributed by atoms with van der Waals surface area (Å²) >= 11 is 5.97. The van der Waals surface area contributed by atoms with E-state index in [9.17, 15) is 14.7 Å². The summed E-state index contributed by atoms with van der Waals surface area (Å²) in [5, 5.41) is 12.6. The largest absolute Gasteiger partial charge is 0.507 e. The van der Waals surface area contributed by atoms with Crippen molar-refractivity contribution in [2.24, 2.45) is 0 Å². The Hall–Kier alpha value is -3.05. The van der Waals surface area contributed by atoms with E-state index in [4.69, 9.17) is 11.6 Å². The number of nitrogens with one attached hydrogen (secondary N) is 1. The van der Waals surface area contributed by atoms with Crippen LogP contribution in [0.25, 0.3) is 16.7 Å². The van der Waals surface area contributed by atoms with Crippen molar-refractivity contribution in [2.75, 3.05) is 6.54 Å². The van der Waals surface area contributed by atoms with E-state index in [2.05, 4.69) is 4.98 Å². The normalized spacial score (nSPS) is 18.5. The number of amides is 1. The van der Waals surface area contributed by atoms with Gasteiger partial charge in [0.1, 0.15) is 5.76 Å². The number of likely N-dealkylation sites (tertiary alicyclic amines) is 1. The van der Waals surface area contributed by atoms with Crippen LogP contribution < -0.4 is 0 Å². The molecule has 3 aromatic rings. The van der Waals surface area contributed by atoms with Crippen molar-refractivity contribution in [3.63, 3.8) is 0 Å². The molecule has 1 atom stereocenters. The van der Waals surface area contributed by atoms with Crippen LogP contribution in [0.5, 0.6) is 0 Å². The molecule has 1 saturated heterocycles. The summed E-state index contributed by atoms with van der Waals surface area (Å²) in [6.07, 6.45) is 1.66. The number of carbonyl (C=O) groups excluding carboxylic acids is 2. The van der Waals surface area contributed by atoms with Gasteiger partial charge in [-0.1, -0.05) is 43.1 Å². The van der Waals surface area contributed by atoms with E-state index in [1.165, 1.54) is 0 Å². The zero-order chi connectivity index (χ0) is 21.4. The van der Waals surface area contributed by atoms with Gasteiger partial charge in [0.15, 0.2) is 0 Å². The van der Waals surface area contributed by atoms with Crippen LogP contribution in [-0.4, -0.2) is 33.2 Å². The summed E-state index contributed by atoms with van der Waals surface area (Å²) in [5.74, 6) is -1.42. The van der Waals surface area contributed by atoms with Crippen molar-refractivity contribution in [1.82, 2.24) is 9.88 Å². The number of rotatable bonds is 5. The molecule has 2 aromatic carbocycles. The Morgan fingerprint density at radius 1 is 1.13 bits per heavy atom. The number of aliphatic hydroxyl groups is 1. The monoisotopic (exact) mass is 422 g/mol. The molecule has 1 aliphatic heterocycles. The van der Waals surface area contributed by atoms with Gasteiger partial charge in [-0.05, 0) is 43.7 Å². The van der Waals surface area contributed by atoms with Gasteiger partial charge in [-0.15, -0.1) is 0 Å². The highest BCUT2D eigenvalue weighted by atomic mass is 35.5. The summed E-state index contributed by atoms with van der Waals surface area (Å²) < 4.78 is 0. The number of aromatic nitrogens is 1. The number of H-pyrrole nitrogens is 1. The lowest BCUT2D eigenvalue weighted by molar-refractivity contribution is -0.139. The minimum Gasteiger partial charge on any atom is -0.507 e. The summed E-state index contributed by atoms with van der Waals surface area (Å²) in [7, 11) is 0. The Kier molecular flexibility index (Phi) is 5.39. The molecular formula is C24H23ClN2O3. The molecule has 2 N–H and O–H groups in total. The molecule has 0 saturated carbocycles. The first-order valence-corrected chi connectivity index (χ1v) is 10.4. The number of fused-ring (bicyclic) bond motifs is 1. The van der Waals surface area contributed by atoms with E-state index in [-0.39, 0.29) is 11.3 Å². The smallest absolute Gasteiger partial charge is 0.295 e. The third kappa shape index (κ3) is 3.29. The SMILES string of the molecule is CCCCN1C(=O)C(=O)/C(=C(/O)c2ccc(Cl)cc2)C1c1c(C)[nH]c2ccccc12. The highest BCUT2D eigenvalue weighted by Crippen LogP contribution is 2.43. The number of hydrogen-bond donors (Lipinski definition) is 2. The average molecular weight is 423 g/mol. The second-order valence-corrected chi connectivity index (χ2v) is 8.00. The average Bonchev–Trinajstić information content (AvgIpc) is 3.19. The highest BCUT2D eigenvalue weighted by molar-refractivity contribution is 6.46. The summed E-state index contributed by atoms with van der Waals surface area (Å²) in [4.78, 5) is 31.0. The minimum absolute atomic E-state index is 0.117. The molecular weight excluding hydrogens is 400 g/mol. The molecule has 0 radical (unpaired) electrons. The lowest BCUT2D eigenvalue weighted by atomic mass is 9.93. The Balaban J connectivity index is 1.96. The van der Waals surface area contributed by atoms with Gasteiger partial charge in [-0.25, -0.2) is 0 Å². The molecule has 2 heterocycles. The first kappa shape index (κ1) is 20.2. The summed E-state index contributed by atoms with van der Waals surface area (Å²) in [6, 6.07) is 13.7. The van der Waals surface area contributed by atoms with Crippen LogP contribution in [0.3, 0.4) is 0 Å². The predicted octanol–water partition coefficient (Wildman–Crippen LogP) is 5.35. The van der Waals surface area contributed by atoms with Crippen LogP contribution in [0, 0.1) is 6.92 Å². The molecule has 154 valence electrons. The number of aromatic amines is 1. The fourth-order valence-corrected chi connectivity index (χ4v) is 4.28. The summed E-state index contributed by atoms with van der Waals surface area (Å²) in [6.45, 7) is 4.41. The first-order chi connectivity index (χ1) is 14.4. The van der Waals surface area contributed by atoms with Crippen molar-refractivity contribution in [1.29, 1.82) is 0 Å². The maximum Gasteiger partial charge on any atom is 0.295 e. The van der Waals surface area contributed by atoms with Crippen molar-refractivity contribution >= 4 is 40.0 Å². The highest BCUT2D eigenvalue weighted by Gasteiger charge is 2.47. The fourth-order valence-electron chi connectivity index (χ4n) is 4.15. The van der Waals surface area contributed by atoms with E-state index in [0.29, 0.717) is 17.1 Å². The topological polar surface area (TPSA) is 73.4 Å². The van der Waals surface area contributed by atoms with E-state index >= 15 is 0 Å². The number of ketones is 1. The molecule has 30 heavy (non-hydrogen) atoms. The predicted molar refractivity (Wildman–Crippen MR) is 118 cm³/mol. The molecule has 4 rings (SSSR count). The van der Waals surface area contributed by atoms with Gasteiger partial charge in [0.2, 0.25) is 0 Å². The number of Topliss-reactive ketones (excluding diaryl/α,β-unsaturated/α-hetero) is 1. The standard InChI is InChI=1S/C24H23ClN2O3/c1-3-4-13-27-21(19-14(2)26-18-8-6-5-7-17(18)19)20(23(29)24(27)30)22(28)15-9-11-16(25)12-10-15/h5-12,21,26,28H,3-4,13H2,1-2H3/b22-20+. The number of carbonyl (C=O) groups is 2. The zero-order valence-corrected chi connectivity index (χ0v) is 17.7. The van der Waals surface area contributed by atoms with Gasteiger partial charge in [0, 0.05) is 39.3 Å². The van der Waals surface area contributed by atoms with Crippen LogP contribution in [0.2, 0.25) is 5.02 Å². The van der Waals surface area contributed by atoms with Crippen LogP contribution in [0.1, 0.15) is 42.6 Å². The number of nitrogens with zero attached hydrogens (tertiary/aromatic N) is 1. The first-order valence-electron chi connectivity index (χ1n) is 10.1. The Morgan fingerprint density at radius 3 is 2.53 bits per heavy atom. The maximum absolute atomic E-state index is 13.1. The lowest BCUT2D eigenvalue weighted by Gasteiger charge is -2.25. The second kappa shape index (κ2) is 8.00. The Morgan fingerprint density at radius 2 is 1.83 bits per heavy atom. The summed E-state index contributed by atoms with van der Waals surface area (Å²) in [5.41, 5.74) is 3.21. The number of aryl methyl sites for hydroxylation is 1. The van der Waals surface area contributed by atoms with Gasteiger partial charge in [-0.3, -0.25) is 9.59 Å². The van der Waals surface area contributed by atoms with E-state index < -0.39 is 17.7 Å². The molecule has 0 spiro atoms.